The van der Waals surface area contributed by atoms with Crippen LogP contribution in [-0.2, 0) is 0 Å². The third kappa shape index (κ3) is 3.14. The second-order valence-corrected chi connectivity index (χ2v) is 7.70. The van der Waals surface area contributed by atoms with E-state index in [-0.39, 0.29) is 0 Å². The molecule has 1 fully saturated rings. The zero-order chi connectivity index (χ0) is 17.4. The lowest BCUT2D eigenvalue weighted by molar-refractivity contribution is 0.158. The number of hydrogen-bond acceptors (Lipinski definition) is 5. The molecule has 1 aromatic carbocycles. The summed E-state index contributed by atoms with van der Waals surface area (Å²) in [6.07, 6.45) is 2.53. The molecule has 0 bridgehead atoms. The van der Waals surface area contributed by atoms with Crippen molar-refractivity contribution in [1.29, 1.82) is 0 Å². The van der Waals surface area contributed by atoms with Gasteiger partial charge in [0.05, 0.1) is 11.5 Å². The number of aliphatic hydroxyl groups excluding tert-OH is 1. The molecule has 130 valence electrons. The molecule has 0 aliphatic carbocycles. The Morgan fingerprint density at radius 3 is 2.84 bits per heavy atom. The van der Waals surface area contributed by atoms with Gasteiger partial charge in [0.2, 0.25) is 0 Å². The van der Waals surface area contributed by atoms with E-state index in [1.54, 1.807) is 11.3 Å². The van der Waals surface area contributed by atoms with E-state index in [1.807, 2.05) is 37.3 Å². The molecule has 1 aliphatic heterocycles. The summed E-state index contributed by atoms with van der Waals surface area (Å²) in [7, 11) is 0. The highest BCUT2D eigenvalue weighted by atomic mass is 32.1. The van der Waals surface area contributed by atoms with Gasteiger partial charge in [-0.3, -0.25) is 0 Å². The Morgan fingerprint density at radius 1 is 1.24 bits per heavy atom. The lowest BCUT2D eigenvalue weighted by Gasteiger charge is -2.28. The van der Waals surface area contributed by atoms with Crippen LogP contribution in [0.4, 0.5) is 5.82 Å². The summed E-state index contributed by atoms with van der Waals surface area (Å²) in [4.78, 5) is 12.8. The topological polar surface area (TPSA) is 49.2 Å². The van der Waals surface area contributed by atoms with Crippen molar-refractivity contribution in [2.75, 3.05) is 11.4 Å². The number of anilines is 1. The van der Waals surface area contributed by atoms with Gasteiger partial charge < -0.3 is 10.0 Å². The molecule has 0 amide bonds. The van der Waals surface area contributed by atoms with Crippen molar-refractivity contribution in [2.24, 2.45) is 0 Å². The highest BCUT2D eigenvalue weighted by Gasteiger charge is 2.30. The average molecular weight is 353 g/mol. The highest BCUT2D eigenvalue weighted by molar-refractivity contribution is 7.17. The summed E-state index contributed by atoms with van der Waals surface area (Å²) in [6.45, 7) is 5.08. The third-order valence-electron chi connectivity index (χ3n) is 5.04. The largest absolute Gasteiger partial charge is 0.388 e. The quantitative estimate of drug-likeness (QED) is 0.755. The fraction of sp³-hybridized carbons (Fsp3) is 0.400. The fourth-order valence-corrected chi connectivity index (χ4v) is 4.76. The summed E-state index contributed by atoms with van der Waals surface area (Å²) >= 11 is 1.69. The third-order valence-corrected chi connectivity index (χ3v) is 6.03. The molecule has 1 aliphatic rings. The highest BCUT2D eigenvalue weighted by Crippen LogP contribution is 2.37. The van der Waals surface area contributed by atoms with Crippen LogP contribution in [0.3, 0.4) is 0 Å². The number of aromatic nitrogens is 2. The van der Waals surface area contributed by atoms with Gasteiger partial charge in [-0.25, -0.2) is 9.97 Å². The summed E-state index contributed by atoms with van der Waals surface area (Å²) in [6, 6.07) is 10.3. The van der Waals surface area contributed by atoms with E-state index in [0.717, 1.165) is 47.8 Å². The number of nitrogens with zero attached hydrogens (tertiary/aromatic N) is 3. The SMILES string of the molecule is Cc1nc(N2CCCC2CC(O)c2ccccc2)c2c(C)csc2n1. The Hall–Kier alpha value is -1.98. The first kappa shape index (κ1) is 16.5. The smallest absolute Gasteiger partial charge is 0.141 e. The van der Waals surface area contributed by atoms with E-state index in [0.29, 0.717) is 6.04 Å². The van der Waals surface area contributed by atoms with Gasteiger partial charge >= 0.3 is 0 Å². The molecule has 3 aromatic rings. The maximum Gasteiger partial charge on any atom is 0.141 e. The molecule has 25 heavy (non-hydrogen) atoms. The minimum Gasteiger partial charge on any atom is -0.388 e. The molecular formula is C20H23N3OS. The van der Waals surface area contributed by atoms with Crippen LogP contribution in [0.25, 0.3) is 10.2 Å². The van der Waals surface area contributed by atoms with E-state index in [2.05, 4.69) is 22.2 Å². The molecule has 4 rings (SSSR count). The minimum absolute atomic E-state index is 0.312. The molecule has 1 N–H and O–H groups in total. The lowest BCUT2D eigenvalue weighted by atomic mass is 10.0. The van der Waals surface area contributed by atoms with Crippen LogP contribution < -0.4 is 4.90 Å². The number of rotatable bonds is 4. The predicted molar refractivity (Wildman–Crippen MR) is 103 cm³/mol. The Balaban J connectivity index is 1.65. The van der Waals surface area contributed by atoms with Crippen molar-refractivity contribution in [3.63, 3.8) is 0 Å². The fourth-order valence-electron chi connectivity index (χ4n) is 3.80. The molecule has 2 atom stereocenters. The minimum atomic E-state index is -0.436. The van der Waals surface area contributed by atoms with E-state index in [1.165, 1.54) is 10.9 Å². The predicted octanol–water partition coefficient (Wildman–Crippen LogP) is 4.40. The van der Waals surface area contributed by atoms with Gasteiger partial charge in [-0.15, -0.1) is 11.3 Å². The molecule has 4 nitrogen and oxygen atoms in total. The second kappa shape index (κ2) is 6.73. The maximum absolute atomic E-state index is 10.7. The summed E-state index contributed by atoms with van der Waals surface area (Å²) < 4.78 is 0. The maximum atomic E-state index is 10.7. The van der Waals surface area contributed by atoms with Crippen molar-refractivity contribution in [1.82, 2.24) is 9.97 Å². The number of hydrogen-bond donors (Lipinski definition) is 1. The van der Waals surface area contributed by atoms with Gasteiger partial charge in [-0.2, -0.15) is 0 Å². The van der Waals surface area contributed by atoms with Crippen LogP contribution in [-0.4, -0.2) is 27.7 Å². The number of aliphatic hydroxyl groups is 1. The van der Waals surface area contributed by atoms with Crippen LogP contribution in [0.2, 0.25) is 0 Å². The van der Waals surface area contributed by atoms with Crippen LogP contribution in [0.5, 0.6) is 0 Å². The Bertz CT molecular complexity index is 877. The van der Waals surface area contributed by atoms with Crippen molar-refractivity contribution in [3.8, 4) is 0 Å². The molecular weight excluding hydrogens is 330 g/mol. The van der Waals surface area contributed by atoms with Crippen LogP contribution in [0.1, 0.15) is 42.3 Å². The van der Waals surface area contributed by atoms with Gasteiger partial charge in [-0.1, -0.05) is 30.3 Å². The number of thiophene rings is 1. The number of fused-ring (bicyclic) bond motifs is 1. The summed E-state index contributed by atoms with van der Waals surface area (Å²) in [5, 5.41) is 14.0. The molecule has 5 heteroatoms. The Labute approximate surface area is 152 Å². The van der Waals surface area contributed by atoms with Crippen LogP contribution >= 0.6 is 11.3 Å². The molecule has 0 saturated carbocycles. The van der Waals surface area contributed by atoms with E-state index in [4.69, 9.17) is 4.98 Å². The van der Waals surface area contributed by atoms with Crippen molar-refractivity contribution < 1.29 is 5.11 Å². The lowest BCUT2D eigenvalue weighted by Crippen LogP contribution is -2.32. The zero-order valence-electron chi connectivity index (χ0n) is 14.6. The standard InChI is InChI=1S/C20H23N3OS/c1-13-12-25-20-18(13)19(21-14(2)22-20)23-10-6-9-16(23)11-17(24)15-7-4-3-5-8-15/h3-5,7-8,12,16-17,24H,6,9-11H2,1-2H3. The average Bonchev–Trinajstić information content (AvgIpc) is 3.22. The molecule has 0 radical (unpaired) electrons. The Kier molecular flexibility index (Phi) is 4.44. The van der Waals surface area contributed by atoms with E-state index >= 15 is 0 Å². The van der Waals surface area contributed by atoms with Crippen LogP contribution in [0, 0.1) is 13.8 Å². The molecule has 2 aromatic heterocycles. The van der Waals surface area contributed by atoms with Crippen LogP contribution in [0.15, 0.2) is 35.7 Å². The van der Waals surface area contributed by atoms with Gasteiger partial charge in [-0.05, 0) is 49.6 Å². The van der Waals surface area contributed by atoms with E-state index < -0.39 is 6.10 Å². The molecule has 1 saturated heterocycles. The van der Waals surface area contributed by atoms with E-state index in [9.17, 15) is 5.11 Å². The molecule has 3 heterocycles. The second-order valence-electron chi connectivity index (χ2n) is 6.84. The van der Waals surface area contributed by atoms with Crippen molar-refractivity contribution >= 4 is 27.4 Å². The summed E-state index contributed by atoms with van der Waals surface area (Å²) in [5.74, 6) is 1.86. The van der Waals surface area contributed by atoms with Crippen molar-refractivity contribution in [2.45, 2.75) is 45.3 Å². The monoisotopic (exact) mass is 353 g/mol. The van der Waals surface area contributed by atoms with Gasteiger partial charge in [0.15, 0.2) is 0 Å². The normalized spacial score (nSPS) is 18.8. The first-order chi connectivity index (χ1) is 12.1. The van der Waals surface area contributed by atoms with Gasteiger partial charge in [0.1, 0.15) is 16.5 Å². The molecule has 0 spiro atoms. The first-order valence-electron chi connectivity index (χ1n) is 8.85. The van der Waals surface area contributed by atoms with Crippen molar-refractivity contribution in [3.05, 3.63) is 52.7 Å². The molecule has 2 unspecified atom stereocenters. The van der Waals surface area contributed by atoms with Gasteiger partial charge in [0.25, 0.3) is 0 Å². The van der Waals surface area contributed by atoms with Gasteiger partial charge in [0, 0.05) is 12.6 Å². The number of benzene rings is 1. The Morgan fingerprint density at radius 2 is 2.04 bits per heavy atom. The number of aryl methyl sites for hydroxylation is 2. The zero-order valence-corrected chi connectivity index (χ0v) is 15.5. The summed E-state index contributed by atoms with van der Waals surface area (Å²) in [5.41, 5.74) is 2.23. The first-order valence-corrected chi connectivity index (χ1v) is 9.73.